The minimum Gasteiger partial charge on any atom is -0.113 e. The summed E-state index contributed by atoms with van der Waals surface area (Å²) in [6, 6.07) is 29.0. The van der Waals surface area contributed by atoms with Crippen molar-refractivity contribution in [2.75, 3.05) is 0 Å². The van der Waals surface area contributed by atoms with E-state index >= 15 is 0 Å². The fourth-order valence-electron chi connectivity index (χ4n) is 2.29. The predicted octanol–water partition coefficient (Wildman–Crippen LogP) is 5.68. The number of rotatable bonds is 3. The lowest BCUT2D eigenvalue weighted by atomic mass is 10.00. The molecule has 98 valence electrons. The van der Waals surface area contributed by atoms with Crippen LogP contribution in [0.25, 0.3) is 11.1 Å². The maximum absolute atomic E-state index is 6.53. The highest BCUT2D eigenvalue weighted by Crippen LogP contribution is 2.30. The fraction of sp³-hybridized carbons (Fsp3) is 0.0526. The molecule has 0 spiro atoms. The molecule has 3 aromatic rings. The first-order chi connectivity index (χ1) is 9.84. The number of halogens is 1. The number of hydrogen-bond donors (Lipinski definition) is 0. The molecule has 0 aliphatic rings. The van der Waals surface area contributed by atoms with Gasteiger partial charge >= 0.3 is 0 Å². The summed E-state index contributed by atoms with van der Waals surface area (Å²) < 4.78 is 0. The lowest BCUT2D eigenvalue weighted by Crippen LogP contribution is -1.92. The fourth-order valence-corrected chi connectivity index (χ4v) is 2.58. The molecular formula is C19H15Cl. The van der Waals surface area contributed by atoms with E-state index in [1.807, 2.05) is 24.3 Å². The van der Waals surface area contributed by atoms with Crippen molar-refractivity contribution in [2.24, 2.45) is 0 Å². The third-order valence-corrected chi connectivity index (χ3v) is 3.91. The van der Waals surface area contributed by atoms with Crippen molar-refractivity contribution in [3.8, 4) is 11.1 Å². The lowest BCUT2D eigenvalue weighted by molar-refractivity contribution is 1.14. The van der Waals surface area contributed by atoms with Crippen molar-refractivity contribution in [1.82, 2.24) is 0 Å². The monoisotopic (exact) mass is 278 g/mol. The number of hydrogen-bond acceptors (Lipinski definition) is 0. The van der Waals surface area contributed by atoms with Crippen LogP contribution in [0.4, 0.5) is 0 Å². The third kappa shape index (κ3) is 2.76. The van der Waals surface area contributed by atoms with Crippen molar-refractivity contribution >= 4 is 11.6 Å². The predicted molar refractivity (Wildman–Crippen MR) is 86.0 cm³/mol. The van der Waals surface area contributed by atoms with Crippen molar-refractivity contribution in [1.29, 1.82) is 0 Å². The SMILES string of the molecule is ClC(c1ccccc1)c1ccc(-c2ccccc2)cc1. The number of alkyl halides is 1. The van der Waals surface area contributed by atoms with Crippen LogP contribution in [-0.4, -0.2) is 0 Å². The minimum absolute atomic E-state index is 0.0963. The van der Waals surface area contributed by atoms with E-state index in [-0.39, 0.29) is 5.38 Å². The zero-order chi connectivity index (χ0) is 13.8. The summed E-state index contributed by atoms with van der Waals surface area (Å²) in [5, 5.41) is -0.0963. The molecule has 0 saturated carbocycles. The van der Waals surface area contributed by atoms with Gasteiger partial charge in [-0.25, -0.2) is 0 Å². The Morgan fingerprint density at radius 1 is 0.500 bits per heavy atom. The van der Waals surface area contributed by atoms with Gasteiger partial charge in [-0.1, -0.05) is 84.9 Å². The highest BCUT2D eigenvalue weighted by atomic mass is 35.5. The van der Waals surface area contributed by atoms with Gasteiger partial charge in [-0.2, -0.15) is 0 Å². The minimum atomic E-state index is -0.0963. The van der Waals surface area contributed by atoms with Crippen LogP contribution in [0.2, 0.25) is 0 Å². The first-order valence-electron chi connectivity index (χ1n) is 6.69. The molecule has 0 aliphatic heterocycles. The number of benzene rings is 3. The Morgan fingerprint density at radius 2 is 0.950 bits per heavy atom. The van der Waals surface area contributed by atoms with Gasteiger partial charge in [0.25, 0.3) is 0 Å². The van der Waals surface area contributed by atoms with Crippen LogP contribution in [-0.2, 0) is 0 Å². The quantitative estimate of drug-likeness (QED) is 0.541. The van der Waals surface area contributed by atoms with E-state index < -0.39 is 0 Å². The van der Waals surface area contributed by atoms with E-state index in [4.69, 9.17) is 11.6 Å². The van der Waals surface area contributed by atoms with Crippen molar-refractivity contribution in [3.05, 3.63) is 96.1 Å². The van der Waals surface area contributed by atoms with Crippen LogP contribution in [0.5, 0.6) is 0 Å². The zero-order valence-electron chi connectivity index (χ0n) is 11.0. The molecule has 20 heavy (non-hydrogen) atoms. The molecule has 0 aromatic heterocycles. The summed E-state index contributed by atoms with van der Waals surface area (Å²) in [7, 11) is 0. The molecule has 0 amide bonds. The van der Waals surface area contributed by atoms with E-state index in [0.29, 0.717) is 0 Å². The summed E-state index contributed by atoms with van der Waals surface area (Å²) in [5.74, 6) is 0. The Kier molecular flexibility index (Phi) is 3.85. The summed E-state index contributed by atoms with van der Waals surface area (Å²) in [5.41, 5.74) is 4.69. The molecule has 3 rings (SSSR count). The summed E-state index contributed by atoms with van der Waals surface area (Å²) in [4.78, 5) is 0. The smallest absolute Gasteiger partial charge is 0.0835 e. The Balaban J connectivity index is 1.87. The van der Waals surface area contributed by atoms with E-state index in [2.05, 4.69) is 60.7 Å². The molecule has 0 nitrogen and oxygen atoms in total. The average molecular weight is 279 g/mol. The van der Waals surface area contributed by atoms with E-state index in [1.165, 1.54) is 11.1 Å². The van der Waals surface area contributed by atoms with Gasteiger partial charge in [0, 0.05) is 0 Å². The molecule has 0 N–H and O–H groups in total. The Labute approximate surface area is 124 Å². The van der Waals surface area contributed by atoms with Crippen LogP contribution < -0.4 is 0 Å². The molecule has 0 aliphatic carbocycles. The molecule has 3 aromatic carbocycles. The Morgan fingerprint density at radius 3 is 1.55 bits per heavy atom. The molecule has 0 saturated heterocycles. The van der Waals surface area contributed by atoms with Gasteiger partial charge in [0.05, 0.1) is 5.38 Å². The van der Waals surface area contributed by atoms with Gasteiger partial charge < -0.3 is 0 Å². The standard InChI is InChI=1S/C19H15Cl/c20-19(17-9-5-2-6-10-17)18-13-11-16(12-14-18)15-7-3-1-4-8-15/h1-14,19H. The first kappa shape index (κ1) is 13.0. The van der Waals surface area contributed by atoms with Gasteiger partial charge in [-0.05, 0) is 22.3 Å². The van der Waals surface area contributed by atoms with Crippen LogP contribution in [0.3, 0.4) is 0 Å². The second-order valence-electron chi connectivity index (χ2n) is 4.76. The second kappa shape index (κ2) is 5.94. The van der Waals surface area contributed by atoms with Crippen LogP contribution in [0, 0.1) is 0 Å². The molecule has 1 unspecified atom stereocenters. The van der Waals surface area contributed by atoms with Gasteiger partial charge in [0.2, 0.25) is 0 Å². The second-order valence-corrected chi connectivity index (χ2v) is 5.20. The maximum atomic E-state index is 6.53. The van der Waals surface area contributed by atoms with Gasteiger partial charge in [0.1, 0.15) is 0 Å². The highest BCUT2D eigenvalue weighted by molar-refractivity contribution is 6.22. The molecule has 0 bridgehead atoms. The van der Waals surface area contributed by atoms with Crippen LogP contribution >= 0.6 is 11.6 Å². The normalized spacial score (nSPS) is 12.1. The zero-order valence-corrected chi connectivity index (χ0v) is 11.8. The van der Waals surface area contributed by atoms with Gasteiger partial charge in [-0.15, -0.1) is 11.6 Å². The highest BCUT2D eigenvalue weighted by Gasteiger charge is 2.10. The maximum Gasteiger partial charge on any atom is 0.0835 e. The molecule has 1 atom stereocenters. The Hall–Kier alpha value is -2.05. The molecular weight excluding hydrogens is 264 g/mol. The topological polar surface area (TPSA) is 0 Å². The molecule has 0 radical (unpaired) electrons. The molecule has 0 fully saturated rings. The summed E-state index contributed by atoms with van der Waals surface area (Å²) >= 11 is 6.53. The van der Waals surface area contributed by atoms with Gasteiger partial charge in [-0.3, -0.25) is 0 Å². The Bertz CT molecular complexity index is 657. The molecule has 1 heteroatoms. The lowest BCUT2D eigenvalue weighted by Gasteiger charge is -2.11. The van der Waals surface area contributed by atoms with Crippen LogP contribution in [0.1, 0.15) is 16.5 Å². The largest absolute Gasteiger partial charge is 0.113 e. The van der Waals surface area contributed by atoms with Crippen molar-refractivity contribution in [2.45, 2.75) is 5.38 Å². The average Bonchev–Trinajstić information content (AvgIpc) is 2.56. The van der Waals surface area contributed by atoms with Crippen molar-refractivity contribution < 1.29 is 0 Å². The first-order valence-corrected chi connectivity index (χ1v) is 7.12. The summed E-state index contributed by atoms with van der Waals surface area (Å²) in [6.45, 7) is 0. The molecule has 0 heterocycles. The van der Waals surface area contributed by atoms with Crippen molar-refractivity contribution in [3.63, 3.8) is 0 Å². The van der Waals surface area contributed by atoms with E-state index in [1.54, 1.807) is 0 Å². The van der Waals surface area contributed by atoms with Crippen LogP contribution in [0.15, 0.2) is 84.9 Å². The summed E-state index contributed by atoms with van der Waals surface area (Å²) in [6.07, 6.45) is 0. The third-order valence-electron chi connectivity index (χ3n) is 3.40. The van der Waals surface area contributed by atoms with E-state index in [0.717, 1.165) is 11.1 Å². The van der Waals surface area contributed by atoms with Gasteiger partial charge in [0.15, 0.2) is 0 Å². The van der Waals surface area contributed by atoms with E-state index in [9.17, 15) is 0 Å².